The predicted octanol–water partition coefficient (Wildman–Crippen LogP) is -0.988. The highest BCUT2D eigenvalue weighted by molar-refractivity contribution is 5.90. The Morgan fingerprint density at radius 2 is 1.89 bits per heavy atom. The van der Waals surface area contributed by atoms with Gasteiger partial charge in [0.2, 0.25) is 5.82 Å². The van der Waals surface area contributed by atoms with Gasteiger partial charge in [0.25, 0.3) is 5.91 Å². The van der Waals surface area contributed by atoms with Gasteiger partial charge in [-0.15, -0.1) is 5.10 Å². The van der Waals surface area contributed by atoms with Crippen molar-refractivity contribution >= 4 is 12.0 Å². The third-order valence-corrected chi connectivity index (χ3v) is 2.80. The fraction of sp³-hybridized carbons (Fsp3) is 0.600. The van der Waals surface area contributed by atoms with Crippen LogP contribution in [0.1, 0.15) is 17.5 Å². The Morgan fingerprint density at radius 1 is 1.26 bits per heavy atom. The summed E-state index contributed by atoms with van der Waals surface area (Å²) in [6, 6.07) is 0. The molecule has 1 saturated heterocycles. The number of H-pyrrole nitrogens is 2. The first-order valence-electron chi connectivity index (χ1n) is 5.97. The number of ether oxygens (including phenoxy) is 1. The Balaban J connectivity index is 1.91. The molecule has 0 radical (unpaired) electrons. The van der Waals surface area contributed by atoms with Gasteiger partial charge in [0.1, 0.15) is 0 Å². The largest absolute Gasteiger partial charge is 0.450 e. The standard InChI is InChI=1S/C10H15N5O4/c1-2-19-10(18)15-5-3-14(4-6-15)8(16)7-11-9(17)13-12-7/h2-6H2,1H3,(H2,11,12,13,17). The summed E-state index contributed by atoms with van der Waals surface area (Å²) in [5.74, 6) is -0.378. The monoisotopic (exact) mass is 269 g/mol. The first-order chi connectivity index (χ1) is 9.11. The maximum atomic E-state index is 12.0. The van der Waals surface area contributed by atoms with Gasteiger partial charge < -0.3 is 14.5 Å². The second-order valence-electron chi connectivity index (χ2n) is 4.00. The molecule has 1 aliphatic rings. The smallest absolute Gasteiger partial charge is 0.409 e. The van der Waals surface area contributed by atoms with E-state index in [0.717, 1.165) is 0 Å². The number of hydrogen-bond donors (Lipinski definition) is 2. The van der Waals surface area contributed by atoms with Crippen LogP contribution in [0.3, 0.4) is 0 Å². The molecule has 2 amide bonds. The highest BCUT2D eigenvalue weighted by Crippen LogP contribution is 2.06. The summed E-state index contributed by atoms with van der Waals surface area (Å²) in [6.45, 7) is 3.63. The van der Waals surface area contributed by atoms with Crippen molar-refractivity contribution in [2.45, 2.75) is 6.92 Å². The molecule has 1 fully saturated rings. The van der Waals surface area contributed by atoms with Crippen molar-refractivity contribution in [1.29, 1.82) is 0 Å². The minimum absolute atomic E-state index is 0.0189. The number of aromatic nitrogens is 3. The van der Waals surface area contributed by atoms with Crippen LogP contribution in [0, 0.1) is 0 Å². The summed E-state index contributed by atoms with van der Waals surface area (Å²) in [6.07, 6.45) is -0.372. The van der Waals surface area contributed by atoms with Crippen LogP contribution < -0.4 is 5.69 Å². The van der Waals surface area contributed by atoms with E-state index in [9.17, 15) is 14.4 Å². The SMILES string of the molecule is CCOC(=O)N1CCN(C(=O)c2n[nH]c(=O)[nH]2)CC1. The minimum atomic E-state index is -0.520. The molecule has 1 aromatic heterocycles. The molecule has 9 heteroatoms. The van der Waals surface area contributed by atoms with E-state index in [0.29, 0.717) is 32.8 Å². The molecule has 1 aromatic rings. The number of carbonyl (C=O) groups is 2. The summed E-state index contributed by atoms with van der Waals surface area (Å²) in [4.78, 5) is 39.7. The van der Waals surface area contributed by atoms with Gasteiger partial charge in [0.15, 0.2) is 0 Å². The van der Waals surface area contributed by atoms with Gasteiger partial charge in [-0.25, -0.2) is 14.7 Å². The lowest BCUT2D eigenvalue weighted by Gasteiger charge is -2.33. The number of rotatable bonds is 2. The molecule has 104 valence electrons. The number of amides is 2. The second-order valence-corrected chi connectivity index (χ2v) is 4.00. The highest BCUT2D eigenvalue weighted by atomic mass is 16.6. The lowest BCUT2D eigenvalue weighted by atomic mass is 10.3. The number of piperazine rings is 1. The normalized spacial score (nSPS) is 15.4. The number of nitrogens with zero attached hydrogens (tertiary/aromatic N) is 3. The van der Waals surface area contributed by atoms with Crippen LogP contribution >= 0.6 is 0 Å². The van der Waals surface area contributed by atoms with E-state index < -0.39 is 5.69 Å². The van der Waals surface area contributed by atoms with Crippen LogP contribution in [0.15, 0.2) is 4.79 Å². The molecule has 0 spiro atoms. The van der Waals surface area contributed by atoms with Crippen molar-refractivity contribution in [2.75, 3.05) is 32.8 Å². The van der Waals surface area contributed by atoms with E-state index in [1.807, 2.05) is 0 Å². The Kier molecular flexibility index (Phi) is 3.83. The molecule has 0 bridgehead atoms. The molecule has 0 aliphatic carbocycles. The lowest BCUT2D eigenvalue weighted by Crippen LogP contribution is -2.51. The van der Waals surface area contributed by atoms with Gasteiger partial charge in [-0.2, -0.15) is 0 Å². The van der Waals surface area contributed by atoms with Crippen molar-refractivity contribution in [2.24, 2.45) is 0 Å². The first-order valence-corrected chi connectivity index (χ1v) is 5.97. The van der Waals surface area contributed by atoms with Crippen LogP contribution in [-0.4, -0.2) is 69.8 Å². The Hall–Kier alpha value is -2.32. The molecule has 19 heavy (non-hydrogen) atoms. The number of aromatic amines is 2. The quantitative estimate of drug-likeness (QED) is 0.716. The van der Waals surface area contributed by atoms with Gasteiger partial charge in [0.05, 0.1) is 6.61 Å². The van der Waals surface area contributed by atoms with E-state index >= 15 is 0 Å². The van der Waals surface area contributed by atoms with Gasteiger partial charge >= 0.3 is 11.8 Å². The second kappa shape index (κ2) is 5.55. The van der Waals surface area contributed by atoms with Crippen LogP contribution in [-0.2, 0) is 4.74 Å². The van der Waals surface area contributed by atoms with Crippen molar-refractivity contribution < 1.29 is 14.3 Å². The Bertz CT molecular complexity index is 514. The fourth-order valence-corrected chi connectivity index (χ4v) is 1.83. The number of carbonyl (C=O) groups excluding carboxylic acids is 2. The molecule has 9 nitrogen and oxygen atoms in total. The zero-order valence-corrected chi connectivity index (χ0v) is 10.5. The maximum absolute atomic E-state index is 12.0. The Labute approximate surface area is 108 Å². The van der Waals surface area contributed by atoms with Crippen LogP contribution in [0.25, 0.3) is 0 Å². The van der Waals surface area contributed by atoms with E-state index in [1.165, 1.54) is 4.90 Å². The molecule has 2 heterocycles. The average Bonchev–Trinajstić information content (AvgIpc) is 2.85. The number of nitrogens with one attached hydrogen (secondary N) is 2. The van der Waals surface area contributed by atoms with Gasteiger partial charge in [0, 0.05) is 26.2 Å². The molecular weight excluding hydrogens is 254 g/mol. The average molecular weight is 269 g/mol. The van der Waals surface area contributed by atoms with Gasteiger partial charge in [-0.3, -0.25) is 9.78 Å². The third-order valence-electron chi connectivity index (χ3n) is 2.80. The van der Waals surface area contributed by atoms with Crippen LogP contribution in [0.5, 0.6) is 0 Å². The maximum Gasteiger partial charge on any atom is 0.409 e. The molecular formula is C10H15N5O4. The van der Waals surface area contributed by atoms with E-state index in [4.69, 9.17) is 4.74 Å². The van der Waals surface area contributed by atoms with Gasteiger partial charge in [-0.1, -0.05) is 0 Å². The van der Waals surface area contributed by atoms with Crippen molar-refractivity contribution in [3.8, 4) is 0 Å². The predicted molar refractivity (Wildman–Crippen MR) is 63.7 cm³/mol. The third kappa shape index (κ3) is 2.92. The summed E-state index contributed by atoms with van der Waals surface area (Å²) in [5, 5.41) is 5.72. The van der Waals surface area contributed by atoms with Crippen LogP contribution in [0.2, 0.25) is 0 Å². The van der Waals surface area contributed by atoms with Crippen molar-refractivity contribution in [1.82, 2.24) is 25.0 Å². The zero-order valence-electron chi connectivity index (χ0n) is 10.5. The molecule has 0 unspecified atom stereocenters. The minimum Gasteiger partial charge on any atom is -0.450 e. The molecule has 2 N–H and O–H groups in total. The summed E-state index contributed by atoms with van der Waals surface area (Å²) < 4.78 is 4.88. The number of hydrogen-bond acceptors (Lipinski definition) is 5. The zero-order chi connectivity index (χ0) is 13.8. The summed E-state index contributed by atoms with van der Waals surface area (Å²) >= 11 is 0. The molecule has 0 saturated carbocycles. The summed E-state index contributed by atoms with van der Waals surface area (Å²) in [7, 11) is 0. The van der Waals surface area contributed by atoms with E-state index in [1.54, 1.807) is 11.8 Å². The lowest BCUT2D eigenvalue weighted by molar-refractivity contribution is 0.0561. The topological polar surface area (TPSA) is 111 Å². The van der Waals surface area contributed by atoms with E-state index in [-0.39, 0.29) is 17.8 Å². The van der Waals surface area contributed by atoms with Crippen molar-refractivity contribution in [3.63, 3.8) is 0 Å². The Morgan fingerprint density at radius 3 is 2.42 bits per heavy atom. The van der Waals surface area contributed by atoms with E-state index in [2.05, 4.69) is 15.2 Å². The van der Waals surface area contributed by atoms with Gasteiger partial charge in [-0.05, 0) is 6.92 Å². The van der Waals surface area contributed by atoms with Crippen LogP contribution in [0.4, 0.5) is 4.79 Å². The molecule has 0 aromatic carbocycles. The first kappa shape index (κ1) is 13.1. The molecule has 0 atom stereocenters. The highest BCUT2D eigenvalue weighted by Gasteiger charge is 2.26. The molecule has 2 rings (SSSR count). The molecule has 1 aliphatic heterocycles. The summed E-state index contributed by atoms with van der Waals surface area (Å²) in [5.41, 5.74) is -0.520. The fourth-order valence-electron chi connectivity index (χ4n) is 1.83. The van der Waals surface area contributed by atoms with Crippen molar-refractivity contribution in [3.05, 3.63) is 16.3 Å².